The van der Waals surface area contributed by atoms with Crippen molar-refractivity contribution < 1.29 is 9.53 Å². The third-order valence-electron chi connectivity index (χ3n) is 9.11. The van der Waals surface area contributed by atoms with E-state index in [0.29, 0.717) is 6.42 Å². The number of carbonyl (C=O) groups excluding carboxylic acids is 1. The molecular weight excluding hydrogens is 550 g/mol. The molecule has 1 unspecified atom stereocenters. The van der Waals surface area contributed by atoms with E-state index in [0.717, 1.165) is 25.8 Å². The minimum Gasteiger partial charge on any atom is -0.462 e. The van der Waals surface area contributed by atoms with E-state index in [9.17, 15) is 4.79 Å². The maximum atomic E-state index is 12.5. The zero-order valence-corrected chi connectivity index (χ0v) is 31.3. The van der Waals surface area contributed by atoms with E-state index in [2.05, 4.69) is 57.1 Å². The normalized spacial score (nSPS) is 12.6. The van der Waals surface area contributed by atoms with Crippen molar-refractivity contribution in [3.63, 3.8) is 0 Å². The van der Waals surface area contributed by atoms with E-state index >= 15 is 0 Å². The molecule has 0 N–H and O–H groups in total. The van der Waals surface area contributed by atoms with Crippen LogP contribution in [0.3, 0.4) is 0 Å². The highest BCUT2D eigenvalue weighted by molar-refractivity contribution is 5.69. The van der Waals surface area contributed by atoms with Gasteiger partial charge in [-0.2, -0.15) is 0 Å². The molecule has 0 aromatic heterocycles. The van der Waals surface area contributed by atoms with Crippen molar-refractivity contribution in [2.45, 2.75) is 219 Å². The summed E-state index contributed by atoms with van der Waals surface area (Å²) in [7, 11) is 4.13. The third kappa shape index (κ3) is 37.2. The van der Waals surface area contributed by atoms with Gasteiger partial charge in [-0.05, 0) is 104 Å². The van der Waals surface area contributed by atoms with E-state index in [1.54, 1.807) is 0 Å². The van der Waals surface area contributed by atoms with Gasteiger partial charge in [-0.1, -0.05) is 147 Å². The van der Waals surface area contributed by atoms with Gasteiger partial charge in [-0.3, -0.25) is 4.79 Å². The number of hydrogen-bond acceptors (Lipinski definition) is 3. The second kappa shape index (κ2) is 37.4. The van der Waals surface area contributed by atoms with Crippen molar-refractivity contribution >= 4 is 5.97 Å². The molecule has 3 nitrogen and oxygen atoms in total. The van der Waals surface area contributed by atoms with E-state index in [1.165, 1.54) is 173 Å². The largest absolute Gasteiger partial charge is 0.462 e. The molecule has 0 aliphatic rings. The molecule has 1 atom stereocenters. The van der Waals surface area contributed by atoms with Gasteiger partial charge < -0.3 is 9.64 Å². The maximum Gasteiger partial charge on any atom is 0.306 e. The van der Waals surface area contributed by atoms with Crippen molar-refractivity contribution in [3.05, 3.63) is 24.3 Å². The van der Waals surface area contributed by atoms with Crippen LogP contribution in [0.1, 0.15) is 213 Å². The summed E-state index contributed by atoms with van der Waals surface area (Å²) in [4.78, 5) is 14.7. The van der Waals surface area contributed by atoms with Gasteiger partial charge in [0.05, 0.1) is 0 Å². The molecule has 45 heavy (non-hydrogen) atoms. The third-order valence-corrected chi connectivity index (χ3v) is 9.11. The Morgan fingerprint density at radius 1 is 0.489 bits per heavy atom. The Balaban J connectivity index is 3.96. The van der Waals surface area contributed by atoms with Crippen LogP contribution in [0.5, 0.6) is 0 Å². The quantitative estimate of drug-likeness (QED) is 0.0391. The van der Waals surface area contributed by atoms with Gasteiger partial charge >= 0.3 is 5.97 Å². The molecule has 0 aliphatic heterocycles. The number of ether oxygens (including phenoxy) is 1. The Kier molecular flexibility index (Phi) is 36.5. The molecule has 0 aliphatic carbocycles. The van der Waals surface area contributed by atoms with E-state index < -0.39 is 0 Å². The zero-order valence-electron chi connectivity index (χ0n) is 31.3. The SMILES string of the molecule is CCCCCCCC/C=C\CCCCCCCCC(CCCCCCC/C=C/CCCCCCCC)OC(=O)CCCN(C)C. The zero-order chi connectivity index (χ0) is 32.9. The van der Waals surface area contributed by atoms with E-state index in [1.807, 2.05) is 0 Å². The summed E-state index contributed by atoms with van der Waals surface area (Å²) in [5.41, 5.74) is 0. The van der Waals surface area contributed by atoms with Crippen LogP contribution < -0.4 is 0 Å². The van der Waals surface area contributed by atoms with Crippen molar-refractivity contribution in [2.24, 2.45) is 0 Å². The second-order valence-corrected chi connectivity index (χ2v) is 14.1. The minimum absolute atomic E-state index is 0.0131. The monoisotopic (exact) mass is 632 g/mol. The summed E-state index contributed by atoms with van der Waals surface area (Å²) >= 11 is 0. The molecule has 3 heteroatoms. The van der Waals surface area contributed by atoms with Crippen LogP contribution in [-0.4, -0.2) is 37.6 Å². The first-order chi connectivity index (χ1) is 22.1. The Labute approximate surface area is 283 Å². The minimum atomic E-state index is 0.0131. The Morgan fingerprint density at radius 3 is 1.18 bits per heavy atom. The summed E-state index contributed by atoms with van der Waals surface area (Å²) in [5, 5.41) is 0. The lowest BCUT2D eigenvalue weighted by molar-refractivity contribution is -0.150. The van der Waals surface area contributed by atoms with Crippen LogP contribution in [-0.2, 0) is 9.53 Å². The van der Waals surface area contributed by atoms with Crippen LogP contribution in [0.15, 0.2) is 24.3 Å². The summed E-state index contributed by atoms with van der Waals surface area (Å²) in [6.45, 7) is 5.52. The van der Waals surface area contributed by atoms with Gasteiger partial charge in [-0.15, -0.1) is 0 Å². The van der Waals surface area contributed by atoms with Crippen LogP contribution in [0, 0.1) is 0 Å². The lowest BCUT2D eigenvalue weighted by Gasteiger charge is -2.18. The van der Waals surface area contributed by atoms with E-state index in [-0.39, 0.29) is 12.1 Å². The Morgan fingerprint density at radius 2 is 0.822 bits per heavy atom. The number of allylic oxidation sites excluding steroid dienone is 4. The fourth-order valence-electron chi connectivity index (χ4n) is 6.11. The van der Waals surface area contributed by atoms with Crippen LogP contribution in [0.25, 0.3) is 0 Å². The number of carbonyl (C=O) groups is 1. The molecule has 0 radical (unpaired) electrons. The topological polar surface area (TPSA) is 29.5 Å². The molecule has 0 bridgehead atoms. The molecule has 0 fully saturated rings. The molecule has 0 saturated carbocycles. The highest BCUT2D eigenvalue weighted by Gasteiger charge is 2.14. The lowest BCUT2D eigenvalue weighted by atomic mass is 10.0. The van der Waals surface area contributed by atoms with E-state index in [4.69, 9.17) is 4.74 Å². The van der Waals surface area contributed by atoms with Gasteiger partial charge in [-0.25, -0.2) is 0 Å². The first kappa shape index (κ1) is 43.9. The average Bonchev–Trinajstić information content (AvgIpc) is 3.02. The van der Waals surface area contributed by atoms with Crippen LogP contribution in [0.2, 0.25) is 0 Å². The van der Waals surface area contributed by atoms with Crippen molar-refractivity contribution in [3.8, 4) is 0 Å². The number of hydrogen-bond donors (Lipinski definition) is 0. The number of nitrogens with zero attached hydrogens (tertiary/aromatic N) is 1. The highest BCUT2D eigenvalue weighted by Crippen LogP contribution is 2.18. The standard InChI is InChI=1S/C42H81NO2/c1-5-7-9-11-13-15-17-19-21-23-25-27-29-31-33-35-38-41(45-42(44)39-36-40-43(3)4)37-34-32-30-28-26-24-22-20-18-16-14-12-10-8-6-2/h19-22,41H,5-18,23-40H2,1-4H3/b21-19-,22-20+. The summed E-state index contributed by atoms with van der Waals surface area (Å²) in [5.74, 6) is 0.0131. The molecule has 266 valence electrons. The maximum absolute atomic E-state index is 12.5. The van der Waals surface area contributed by atoms with Crippen LogP contribution in [0.4, 0.5) is 0 Å². The molecule has 0 amide bonds. The fourth-order valence-corrected chi connectivity index (χ4v) is 6.11. The summed E-state index contributed by atoms with van der Waals surface area (Å²) < 4.78 is 6.00. The molecule has 0 spiro atoms. The molecular formula is C42H81NO2. The van der Waals surface area contributed by atoms with Crippen molar-refractivity contribution in [1.82, 2.24) is 4.90 Å². The fraction of sp³-hybridized carbons (Fsp3) is 0.881. The molecule has 0 aromatic rings. The van der Waals surface area contributed by atoms with Gasteiger partial charge in [0, 0.05) is 6.42 Å². The number of rotatable bonds is 36. The van der Waals surface area contributed by atoms with Crippen molar-refractivity contribution in [1.29, 1.82) is 0 Å². The molecule has 0 aromatic carbocycles. The molecule has 0 rings (SSSR count). The lowest BCUT2D eigenvalue weighted by Crippen LogP contribution is -2.20. The van der Waals surface area contributed by atoms with Crippen LogP contribution >= 0.6 is 0 Å². The number of unbranched alkanes of at least 4 members (excludes halogenated alkanes) is 23. The smallest absolute Gasteiger partial charge is 0.306 e. The first-order valence-corrected chi connectivity index (χ1v) is 20.2. The van der Waals surface area contributed by atoms with Crippen molar-refractivity contribution in [2.75, 3.05) is 20.6 Å². The Bertz CT molecular complexity index is 641. The number of esters is 1. The van der Waals surface area contributed by atoms with Gasteiger partial charge in [0.15, 0.2) is 0 Å². The molecule has 0 saturated heterocycles. The Hall–Kier alpha value is -1.09. The average molecular weight is 632 g/mol. The van der Waals surface area contributed by atoms with Gasteiger partial charge in [0.1, 0.15) is 6.10 Å². The highest BCUT2D eigenvalue weighted by atomic mass is 16.5. The summed E-state index contributed by atoms with van der Waals surface area (Å²) in [6, 6.07) is 0. The second-order valence-electron chi connectivity index (χ2n) is 14.1. The first-order valence-electron chi connectivity index (χ1n) is 20.2. The predicted molar refractivity (Wildman–Crippen MR) is 201 cm³/mol. The summed E-state index contributed by atoms with van der Waals surface area (Å²) in [6.07, 6.45) is 49.2. The predicted octanol–water partition coefficient (Wildman–Crippen LogP) is 13.7. The van der Waals surface area contributed by atoms with Gasteiger partial charge in [0.25, 0.3) is 0 Å². The van der Waals surface area contributed by atoms with Gasteiger partial charge in [0.2, 0.25) is 0 Å². The molecule has 0 heterocycles.